The van der Waals surface area contributed by atoms with Crippen molar-refractivity contribution in [1.82, 2.24) is 4.57 Å². The van der Waals surface area contributed by atoms with Gasteiger partial charge >= 0.3 is 5.66 Å². The Morgan fingerprint density at radius 3 is 1.83 bits per heavy atom. The molecule has 1 aliphatic carbocycles. The zero-order valence-corrected chi connectivity index (χ0v) is 33.0. The Hall–Kier alpha value is -6.78. The molecule has 0 radical (unpaired) electrons. The van der Waals surface area contributed by atoms with Gasteiger partial charge in [-0.2, -0.15) is 18.6 Å². The molecule has 58 heavy (non-hydrogen) atoms. The highest BCUT2D eigenvalue weighted by atomic mass is 15.4. The van der Waals surface area contributed by atoms with Gasteiger partial charge < -0.3 is 0 Å². The Balaban J connectivity index is 1.33. The van der Waals surface area contributed by atoms with Crippen molar-refractivity contribution in [3.8, 4) is 5.82 Å². The molecule has 7 heterocycles. The number of hydrogen-bond donors (Lipinski definition) is 0. The number of fused-ring (bicyclic) bond motifs is 5. The first-order valence-electron chi connectivity index (χ1n) is 20.7. The van der Waals surface area contributed by atoms with Crippen molar-refractivity contribution in [2.24, 2.45) is 0 Å². The largest absolute Gasteiger partial charge is 0.315 e. The maximum absolute atomic E-state index is 2.69. The summed E-state index contributed by atoms with van der Waals surface area (Å²) in [4.78, 5) is 2.61. The average Bonchev–Trinajstić information content (AvgIpc) is 3.61. The van der Waals surface area contributed by atoms with Gasteiger partial charge in [-0.15, -0.1) is 0 Å². The molecule has 1 spiro atoms. The number of benzene rings is 6. The zero-order valence-electron chi connectivity index (χ0n) is 33.0. The van der Waals surface area contributed by atoms with Crippen molar-refractivity contribution >= 4 is 39.0 Å². The first-order chi connectivity index (χ1) is 28.3. The van der Waals surface area contributed by atoms with Gasteiger partial charge in [-0.1, -0.05) is 143 Å². The fourth-order valence-corrected chi connectivity index (χ4v) is 12.8. The van der Waals surface area contributed by atoms with E-state index < -0.39 is 11.1 Å². The van der Waals surface area contributed by atoms with E-state index >= 15 is 0 Å². The maximum Gasteiger partial charge on any atom is 0.315 e. The zero-order chi connectivity index (χ0) is 38.5. The van der Waals surface area contributed by atoms with Crippen LogP contribution >= 0.6 is 0 Å². The molecule has 0 N–H and O–H groups in total. The molecular formula is C54H40N4+2. The molecular weight excluding hydrogens is 705 g/mol. The van der Waals surface area contributed by atoms with E-state index in [1.807, 2.05) is 0 Å². The first kappa shape index (κ1) is 31.3. The fourth-order valence-electron chi connectivity index (χ4n) is 12.8. The third-order valence-corrected chi connectivity index (χ3v) is 15.1. The van der Waals surface area contributed by atoms with E-state index in [9.17, 15) is 0 Å². The Morgan fingerprint density at radius 1 is 0.431 bits per heavy atom. The second-order valence-corrected chi connectivity index (χ2v) is 18.1. The van der Waals surface area contributed by atoms with E-state index in [0.29, 0.717) is 0 Å². The van der Waals surface area contributed by atoms with Gasteiger partial charge in [0.1, 0.15) is 28.0 Å². The lowest BCUT2D eigenvalue weighted by Gasteiger charge is -2.53. The van der Waals surface area contributed by atoms with E-state index in [0.717, 1.165) is 5.82 Å². The number of para-hydroxylation sites is 2. The smallest absolute Gasteiger partial charge is 0.192 e. The summed E-state index contributed by atoms with van der Waals surface area (Å²) in [5.74, 6) is 2.43. The predicted octanol–water partition coefficient (Wildman–Crippen LogP) is 10.7. The van der Waals surface area contributed by atoms with Crippen molar-refractivity contribution in [2.45, 2.75) is 49.6 Å². The van der Waals surface area contributed by atoms with Crippen LogP contribution < -0.4 is 14.0 Å². The Morgan fingerprint density at radius 2 is 1.03 bits per heavy atom. The van der Waals surface area contributed by atoms with Gasteiger partial charge in [0.2, 0.25) is 0 Å². The minimum Gasteiger partial charge on any atom is -0.192 e. The maximum atomic E-state index is 2.69. The summed E-state index contributed by atoms with van der Waals surface area (Å²) in [5.41, 5.74) is 16.6. The molecule has 6 aromatic carbocycles. The number of nitrogens with zero attached hydrogens (tertiary/aromatic N) is 4. The molecule has 0 saturated carbocycles. The van der Waals surface area contributed by atoms with Crippen molar-refractivity contribution in [2.75, 3.05) is 4.90 Å². The highest BCUT2D eigenvalue weighted by molar-refractivity contribution is 6.13. The lowest BCUT2D eigenvalue weighted by atomic mass is 9.55. The minimum absolute atomic E-state index is 0.226. The summed E-state index contributed by atoms with van der Waals surface area (Å²) < 4.78 is 8.00. The SMILES string of the molecule is CC1(C)c2ccccc2N2c3c1ccc1c3C3(c4c(ccc5c6cccc7c6n(c45)-c4c(ccc[n+]43)C7(C)C)C1(c1ccccc1)c1ccccc1)[n+]1ccccc12. The van der Waals surface area contributed by atoms with Crippen LogP contribution in [-0.4, -0.2) is 4.57 Å². The van der Waals surface area contributed by atoms with Crippen molar-refractivity contribution in [1.29, 1.82) is 0 Å². The third kappa shape index (κ3) is 3.07. The molecule has 4 nitrogen and oxygen atoms in total. The molecule has 1 unspecified atom stereocenters. The van der Waals surface area contributed by atoms with Crippen LogP contribution in [0.1, 0.15) is 83.3 Å². The normalized spacial score (nSPS) is 19.5. The summed E-state index contributed by atoms with van der Waals surface area (Å²) in [5, 5.41) is 2.63. The summed E-state index contributed by atoms with van der Waals surface area (Å²) in [7, 11) is 0. The van der Waals surface area contributed by atoms with Gasteiger partial charge in [0, 0.05) is 44.4 Å². The molecule has 4 heteroatoms. The van der Waals surface area contributed by atoms with Crippen LogP contribution in [-0.2, 0) is 21.9 Å². The fraction of sp³-hybridized carbons (Fsp3) is 0.148. The van der Waals surface area contributed by atoms with Gasteiger partial charge in [-0.3, -0.25) is 0 Å². The summed E-state index contributed by atoms with van der Waals surface area (Å²) in [6, 6.07) is 60.3. The monoisotopic (exact) mass is 744 g/mol. The van der Waals surface area contributed by atoms with Crippen LogP contribution in [0.15, 0.2) is 170 Å². The summed E-state index contributed by atoms with van der Waals surface area (Å²) in [6.07, 6.45) is 4.75. The van der Waals surface area contributed by atoms with Crippen LogP contribution in [0.4, 0.5) is 17.2 Å². The quantitative estimate of drug-likeness (QED) is 0.161. The van der Waals surface area contributed by atoms with Crippen LogP contribution in [0, 0.1) is 0 Å². The van der Waals surface area contributed by atoms with E-state index in [-0.39, 0.29) is 10.8 Å². The molecule has 0 saturated heterocycles. The van der Waals surface area contributed by atoms with Crippen molar-refractivity contribution in [3.63, 3.8) is 0 Å². The summed E-state index contributed by atoms with van der Waals surface area (Å²) in [6.45, 7) is 9.71. The predicted molar refractivity (Wildman–Crippen MR) is 230 cm³/mol. The molecule has 4 aliphatic heterocycles. The summed E-state index contributed by atoms with van der Waals surface area (Å²) >= 11 is 0. The lowest BCUT2D eigenvalue weighted by Crippen LogP contribution is -2.81. The molecule has 9 aromatic rings. The number of pyridine rings is 2. The van der Waals surface area contributed by atoms with Gasteiger partial charge in [0.15, 0.2) is 5.52 Å². The number of aromatic nitrogens is 3. The molecule has 0 bridgehead atoms. The van der Waals surface area contributed by atoms with Crippen LogP contribution in [0.25, 0.3) is 27.6 Å². The van der Waals surface area contributed by atoms with E-state index in [1.165, 1.54) is 94.6 Å². The number of hydrogen-bond acceptors (Lipinski definition) is 1. The third-order valence-electron chi connectivity index (χ3n) is 15.1. The number of anilines is 3. The molecule has 274 valence electrons. The highest BCUT2D eigenvalue weighted by Gasteiger charge is 2.70. The number of rotatable bonds is 2. The molecule has 5 aliphatic rings. The van der Waals surface area contributed by atoms with Gasteiger partial charge in [-0.05, 0) is 58.7 Å². The Labute approximate surface area is 337 Å². The first-order valence-corrected chi connectivity index (χ1v) is 20.7. The molecule has 14 rings (SSSR count). The van der Waals surface area contributed by atoms with Crippen LogP contribution in [0.3, 0.4) is 0 Å². The Kier molecular flexibility index (Phi) is 5.31. The van der Waals surface area contributed by atoms with E-state index in [4.69, 9.17) is 0 Å². The van der Waals surface area contributed by atoms with Crippen LogP contribution in [0.5, 0.6) is 0 Å². The second-order valence-electron chi connectivity index (χ2n) is 18.1. The lowest BCUT2D eigenvalue weighted by molar-refractivity contribution is -0.965. The van der Waals surface area contributed by atoms with E-state index in [2.05, 4.69) is 216 Å². The second kappa shape index (κ2) is 9.84. The minimum atomic E-state index is -0.776. The van der Waals surface area contributed by atoms with Crippen LogP contribution in [0.2, 0.25) is 0 Å². The van der Waals surface area contributed by atoms with Crippen molar-refractivity contribution < 1.29 is 9.13 Å². The highest BCUT2D eigenvalue weighted by Crippen LogP contribution is 2.65. The molecule has 0 amide bonds. The molecule has 0 fully saturated rings. The van der Waals surface area contributed by atoms with Crippen molar-refractivity contribution in [3.05, 3.63) is 226 Å². The van der Waals surface area contributed by atoms with Gasteiger partial charge in [-0.25, -0.2) is 0 Å². The molecule has 3 aromatic heterocycles. The standard InChI is InChI=1S/C54H40N4/c1-51(2)37-22-11-12-25-43(37)57-44-26-13-14-31-55(44)54-45-38(53(33-17-7-5-8-18-33,34-19-9-6-10-20-34)39-29-30-41(51)49(57)46(39)54)28-27-36-35-21-15-23-40-47(35)58(48(36)45)50-42(52(40,3)4)24-16-32-56(50)54/h5-32H,1-4H3/q+2. The molecule has 1 atom stereocenters. The van der Waals surface area contributed by atoms with Gasteiger partial charge in [0.25, 0.3) is 11.6 Å². The Bertz CT molecular complexity index is 3310. The van der Waals surface area contributed by atoms with Gasteiger partial charge in [0.05, 0.1) is 23.4 Å². The topological polar surface area (TPSA) is 15.9 Å². The van der Waals surface area contributed by atoms with E-state index in [1.54, 1.807) is 0 Å². The average molecular weight is 745 g/mol.